The molecule has 0 heterocycles. The molecular weight excluding hydrogens is 384 g/mol. The Kier molecular flexibility index (Phi) is 8.20. The van der Waals surface area contributed by atoms with Gasteiger partial charge in [0, 0.05) is 23.8 Å². The number of aliphatic hydroxyl groups is 1. The summed E-state index contributed by atoms with van der Waals surface area (Å²) >= 11 is 0. The highest BCUT2D eigenvalue weighted by Crippen LogP contribution is 2.21. The van der Waals surface area contributed by atoms with Gasteiger partial charge in [0.2, 0.25) is 0 Å². The van der Waals surface area contributed by atoms with E-state index in [0.717, 1.165) is 6.26 Å². The van der Waals surface area contributed by atoms with Crippen LogP contribution in [0.5, 0.6) is 0 Å². The van der Waals surface area contributed by atoms with Gasteiger partial charge in [-0.05, 0) is 50.0 Å². The summed E-state index contributed by atoms with van der Waals surface area (Å²) in [4.78, 5) is 24.4. The zero-order valence-electron chi connectivity index (χ0n) is 15.7. The highest BCUT2D eigenvalue weighted by atomic mass is 32.2. The lowest BCUT2D eigenvalue weighted by Crippen LogP contribution is -2.60. The van der Waals surface area contributed by atoms with Crippen LogP contribution in [0.25, 0.3) is 0 Å². The number of nitrogens with one attached hydrogen (secondary N) is 2. The van der Waals surface area contributed by atoms with Crippen LogP contribution in [-0.4, -0.2) is 54.2 Å². The molecule has 0 aromatic heterocycles. The summed E-state index contributed by atoms with van der Waals surface area (Å²) in [5.74, 6) is 8.87. The monoisotopic (exact) mass is 406 g/mol. The predicted molar refractivity (Wildman–Crippen MR) is 103 cm³/mol. The van der Waals surface area contributed by atoms with E-state index in [1.54, 1.807) is 12.1 Å². The lowest BCUT2D eigenvalue weighted by Gasteiger charge is -2.31. The normalized spacial score (nSPS) is 11.9. The second-order valence-electron chi connectivity index (χ2n) is 6.36. The van der Waals surface area contributed by atoms with E-state index in [-0.39, 0.29) is 12.2 Å². The van der Waals surface area contributed by atoms with Crippen molar-refractivity contribution in [2.24, 2.45) is 0 Å². The molecule has 1 atom stereocenters. The van der Waals surface area contributed by atoms with Gasteiger partial charge in [0.1, 0.15) is 6.04 Å². The molecule has 0 saturated heterocycles. The third-order valence-corrected chi connectivity index (χ3v) is 6.19. The van der Waals surface area contributed by atoms with Crippen LogP contribution >= 0.6 is 0 Å². The molecule has 1 rings (SSSR count). The molecule has 150 valence electrons. The molecule has 0 unspecified atom stereocenters. The van der Waals surface area contributed by atoms with Crippen molar-refractivity contribution in [2.45, 2.75) is 31.1 Å². The van der Waals surface area contributed by atoms with Crippen molar-refractivity contribution in [1.29, 1.82) is 0 Å². The molecule has 0 aliphatic rings. The van der Waals surface area contributed by atoms with Gasteiger partial charge in [0.15, 0.2) is 9.84 Å². The quantitative estimate of drug-likeness (QED) is 0.295. The molecule has 28 heavy (non-hydrogen) atoms. The zero-order chi connectivity index (χ0) is 21.4. The Morgan fingerprint density at radius 3 is 2.29 bits per heavy atom. The summed E-state index contributed by atoms with van der Waals surface area (Å²) < 4.78 is 22.3. The Morgan fingerprint density at radius 1 is 1.18 bits per heavy atom. The minimum atomic E-state index is -3.74. The molecule has 0 bridgehead atoms. The number of carbonyl (C=O) groups is 2. The fourth-order valence-corrected chi connectivity index (χ4v) is 2.61. The van der Waals surface area contributed by atoms with Gasteiger partial charge >= 0.3 is 0 Å². The average molecular weight is 406 g/mol. The Balaban J connectivity index is 3.01. The maximum atomic E-state index is 12.4. The Bertz CT molecular complexity index is 944. The predicted octanol–water partition coefficient (Wildman–Crippen LogP) is -0.149. The maximum Gasteiger partial charge on any atom is 0.267 e. The first kappa shape index (κ1) is 23.2. The van der Waals surface area contributed by atoms with Gasteiger partial charge in [-0.25, -0.2) is 13.9 Å². The van der Waals surface area contributed by atoms with E-state index in [1.165, 1.54) is 31.5 Å². The first-order valence-corrected chi connectivity index (χ1v) is 10.1. The minimum Gasteiger partial charge on any atom is -0.395 e. The molecule has 9 heteroatoms. The molecule has 0 fully saturated rings. The van der Waals surface area contributed by atoms with Crippen LogP contribution in [0.4, 0.5) is 0 Å². The van der Waals surface area contributed by atoms with E-state index >= 15 is 0 Å². The summed E-state index contributed by atoms with van der Waals surface area (Å²) in [5, 5.41) is 19.9. The average Bonchev–Trinajstić information content (AvgIpc) is 2.64. The van der Waals surface area contributed by atoms with Gasteiger partial charge < -0.3 is 10.4 Å². The number of carbonyl (C=O) groups excluding carboxylic acids is 2. The van der Waals surface area contributed by atoms with E-state index in [2.05, 4.69) is 29.0 Å². The summed E-state index contributed by atoms with van der Waals surface area (Å²) in [6.07, 6.45) is 1.27. The van der Waals surface area contributed by atoms with E-state index in [4.69, 9.17) is 10.3 Å². The van der Waals surface area contributed by atoms with Gasteiger partial charge in [0.05, 0.1) is 11.4 Å². The number of benzene rings is 1. The highest BCUT2D eigenvalue weighted by molar-refractivity contribution is 7.92. The fraction of sp³-hybridized carbons (Fsp3) is 0.368. The molecule has 4 N–H and O–H groups in total. The van der Waals surface area contributed by atoms with Gasteiger partial charge in [-0.2, -0.15) is 0 Å². The van der Waals surface area contributed by atoms with Crippen molar-refractivity contribution in [1.82, 2.24) is 10.8 Å². The van der Waals surface area contributed by atoms with E-state index in [1.807, 2.05) is 0 Å². The Morgan fingerprint density at radius 2 is 1.79 bits per heavy atom. The number of sulfone groups is 1. The lowest BCUT2D eigenvalue weighted by molar-refractivity contribution is -0.131. The van der Waals surface area contributed by atoms with Crippen molar-refractivity contribution in [2.75, 3.05) is 12.9 Å². The first-order valence-electron chi connectivity index (χ1n) is 8.18. The summed E-state index contributed by atoms with van der Waals surface area (Å²) in [5.41, 5.74) is 2.15. The van der Waals surface area contributed by atoms with Crippen LogP contribution in [0, 0.1) is 23.7 Å². The summed E-state index contributed by atoms with van der Waals surface area (Å²) in [7, 11) is -3.74. The van der Waals surface area contributed by atoms with E-state index in [9.17, 15) is 18.0 Å². The SMILES string of the molecule is CC(C)([C@H](NC(=O)c1ccc(C#CC#CCCO)cc1)C(=O)NO)S(C)(=O)=O. The topological polar surface area (TPSA) is 133 Å². The van der Waals surface area contributed by atoms with Crippen molar-refractivity contribution in [3.63, 3.8) is 0 Å². The van der Waals surface area contributed by atoms with Gasteiger partial charge in [-0.15, -0.1) is 0 Å². The number of hydrogen-bond donors (Lipinski definition) is 4. The molecule has 8 nitrogen and oxygen atoms in total. The first-order chi connectivity index (χ1) is 13.0. The second-order valence-corrected chi connectivity index (χ2v) is 8.96. The number of aliphatic hydroxyl groups excluding tert-OH is 1. The highest BCUT2D eigenvalue weighted by Gasteiger charge is 2.44. The zero-order valence-corrected chi connectivity index (χ0v) is 16.6. The summed E-state index contributed by atoms with van der Waals surface area (Å²) in [6.45, 7) is 2.52. The molecule has 2 amide bonds. The van der Waals surface area contributed by atoms with Crippen LogP contribution in [0.1, 0.15) is 36.2 Å². The van der Waals surface area contributed by atoms with Crippen LogP contribution in [0.3, 0.4) is 0 Å². The number of amides is 2. The van der Waals surface area contributed by atoms with Crippen molar-refractivity contribution in [3.8, 4) is 23.7 Å². The third kappa shape index (κ3) is 6.10. The fourth-order valence-electron chi connectivity index (χ4n) is 2.02. The second kappa shape index (κ2) is 9.90. The van der Waals surface area contributed by atoms with Crippen LogP contribution in [-0.2, 0) is 14.6 Å². The molecule has 0 aliphatic heterocycles. The molecule has 0 spiro atoms. The standard InChI is InChI=1S/C19H22N2O6S/c1-19(2,28(3,26)27)16(18(24)21-25)20-17(23)15-11-9-14(10-12-15)8-6-4-5-7-13-22/h9-12,16,22,25H,7,13H2,1-3H3,(H,20,23)(H,21,24)/t16-/m1/s1. The van der Waals surface area contributed by atoms with Crippen molar-refractivity contribution >= 4 is 21.7 Å². The van der Waals surface area contributed by atoms with Crippen LogP contribution < -0.4 is 10.8 Å². The molecular formula is C19H22N2O6S. The Hall–Kier alpha value is -2.85. The third-order valence-electron chi connectivity index (χ3n) is 4.04. The Labute approximate surface area is 164 Å². The molecule has 0 saturated carbocycles. The lowest BCUT2D eigenvalue weighted by atomic mass is 10.0. The van der Waals surface area contributed by atoms with Gasteiger partial charge in [-0.3, -0.25) is 14.8 Å². The summed E-state index contributed by atoms with van der Waals surface area (Å²) in [6, 6.07) is 4.54. The number of rotatable bonds is 6. The van der Waals surface area contributed by atoms with Crippen molar-refractivity contribution in [3.05, 3.63) is 35.4 Å². The molecule has 1 aromatic carbocycles. The smallest absolute Gasteiger partial charge is 0.267 e. The van der Waals surface area contributed by atoms with Crippen LogP contribution in [0.2, 0.25) is 0 Å². The molecule has 0 aliphatic carbocycles. The number of hydrogen-bond acceptors (Lipinski definition) is 6. The molecule has 0 radical (unpaired) electrons. The van der Waals surface area contributed by atoms with E-state index in [0.29, 0.717) is 12.0 Å². The van der Waals surface area contributed by atoms with E-state index < -0.39 is 32.4 Å². The number of hydroxylamine groups is 1. The van der Waals surface area contributed by atoms with Gasteiger partial charge in [-0.1, -0.05) is 11.8 Å². The minimum absolute atomic E-state index is 0.0378. The van der Waals surface area contributed by atoms with Crippen molar-refractivity contribution < 1.29 is 28.3 Å². The maximum absolute atomic E-state index is 12.4. The molecule has 1 aromatic rings. The van der Waals surface area contributed by atoms with Gasteiger partial charge in [0.25, 0.3) is 11.8 Å². The van der Waals surface area contributed by atoms with Crippen LogP contribution in [0.15, 0.2) is 24.3 Å². The largest absolute Gasteiger partial charge is 0.395 e.